The van der Waals surface area contributed by atoms with Crippen LogP contribution in [0.15, 0.2) is 22.7 Å². The molecule has 1 heterocycles. The summed E-state index contributed by atoms with van der Waals surface area (Å²) < 4.78 is 14.3. The van der Waals surface area contributed by atoms with Crippen molar-refractivity contribution in [2.24, 2.45) is 7.05 Å². The minimum Gasteiger partial charge on any atom is -0.493 e. The molecule has 118 valence electrons. The number of nitrogens with two attached hydrogens (primary N) is 1. The zero-order valence-electron chi connectivity index (χ0n) is 12.8. The van der Waals surface area contributed by atoms with Crippen molar-refractivity contribution in [3.05, 3.63) is 22.7 Å². The zero-order valence-corrected chi connectivity index (χ0v) is 14.4. The molecule has 2 N–H and O–H groups in total. The Bertz CT molecular complexity index is 659. The molecule has 0 amide bonds. The Morgan fingerprint density at radius 3 is 2.59 bits per heavy atom. The first-order valence-corrected chi connectivity index (χ1v) is 8.22. The highest BCUT2D eigenvalue weighted by molar-refractivity contribution is 9.10. The Labute approximate surface area is 138 Å². The quantitative estimate of drug-likeness (QED) is 0.895. The van der Waals surface area contributed by atoms with Gasteiger partial charge >= 0.3 is 0 Å². The van der Waals surface area contributed by atoms with Gasteiger partial charge in [0.2, 0.25) is 0 Å². The van der Waals surface area contributed by atoms with Crippen LogP contribution in [0.25, 0.3) is 11.3 Å². The third-order valence-corrected chi connectivity index (χ3v) is 4.48. The summed E-state index contributed by atoms with van der Waals surface area (Å²) in [7, 11) is 3.48. The molecule has 3 rings (SSSR count). The number of nitrogen functional groups attached to an aromatic ring is 1. The van der Waals surface area contributed by atoms with E-state index in [0.29, 0.717) is 11.6 Å². The van der Waals surface area contributed by atoms with Gasteiger partial charge in [0.15, 0.2) is 11.5 Å². The highest BCUT2D eigenvalue weighted by Crippen LogP contribution is 2.42. The van der Waals surface area contributed by atoms with E-state index in [1.165, 1.54) is 12.8 Å². The number of methoxy groups -OCH3 is 1. The molecule has 1 fully saturated rings. The van der Waals surface area contributed by atoms with Gasteiger partial charge in [0.05, 0.1) is 18.9 Å². The van der Waals surface area contributed by atoms with Gasteiger partial charge in [-0.2, -0.15) is 5.10 Å². The van der Waals surface area contributed by atoms with Crippen LogP contribution in [0.1, 0.15) is 25.7 Å². The van der Waals surface area contributed by atoms with Crippen molar-refractivity contribution in [3.8, 4) is 22.8 Å². The van der Waals surface area contributed by atoms with Crippen LogP contribution in [-0.2, 0) is 7.05 Å². The molecule has 0 radical (unpaired) electrons. The molecule has 5 nitrogen and oxygen atoms in total. The molecule has 6 heteroatoms. The third-order valence-electron chi connectivity index (χ3n) is 4.02. The molecule has 0 spiro atoms. The standard InChI is InChI=1S/C16H20BrN3O2/c1-20-15(18)9-13(19-20)12-7-10(17)8-14(21-2)16(12)22-11-5-3-4-6-11/h7-9,11H,3-6,18H2,1-2H3. The Kier molecular flexibility index (Phi) is 4.29. The van der Waals surface area contributed by atoms with Gasteiger partial charge in [0.1, 0.15) is 5.82 Å². The number of anilines is 1. The van der Waals surface area contributed by atoms with Crippen molar-refractivity contribution in [3.63, 3.8) is 0 Å². The molecule has 1 saturated carbocycles. The lowest BCUT2D eigenvalue weighted by Crippen LogP contribution is -2.12. The van der Waals surface area contributed by atoms with E-state index in [1.807, 2.05) is 25.2 Å². The van der Waals surface area contributed by atoms with E-state index in [9.17, 15) is 0 Å². The predicted molar refractivity (Wildman–Crippen MR) is 90.2 cm³/mol. The van der Waals surface area contributed by atoms with Gasteiger partial charge in [-0.1, -0.05) is 15.9 Å². The minimum atomic E-state index is 0.245. The van der Waals surface area contributed by atoms with Crippen LogP contribution < -0.4 is 15.2 Å². The SMILES string of the molecule is COc1cc(Br)cc(-c2cc(N)n(C)n2)c1OC1CCCC1. The number of nitrogens with zero attached hydrogens (tertiary/aromatic N) is 2. The monoisotopic (exact) mass is 365 g/mol. The average Bonchev–Trinajstić information content (AvgIpc) is 3.11. The van der Waals surface area contributed by atoms with Gasteiger partial charge in [0, 0.05) is 23.2 Å². The normalized spacial score (nSPS) is 15.2. The fourth-order valence-corrected chi connectivity index (χ4v) is 3.26. The number of halogens is 1. The summed E-state index contributed by atoms with van der Waals surface area (Å²) in [5.74, 6) is 2.07. The van der Waals surface area contributed by atoms with Gasteiger partial charge in [-0.3, -0.25) is 4.68 Å². The van der Waals surface area contributed by atoms with Crippen LogP contribution in [0.5, 0.6) is 11.5 Å². The summed E-state index contributed by atoms with van der Waals surface area (Å²) in [6, 6.07) is 5.76. The maximum atomic E-state index is 6.25. The molecule has 22 heavy (non-hydrogen) atoms. The Balaban J connectivity index is 2.07. The Hall–Kier alpha value is -1.69. The van der Waals surface area contributed by atoms with Crippen molar-refractivity contribution in [1.82, 2.24) is 9.78 Å². The molecular weight excluding hydrogens is 346 g/mol. The molecule has 0 aliphatic heterocycles. The third kappa shape index (κ3) is 2.92. The molecule has 1 aliphatic carbocycles. The highest BCUT2D eigenvalue weighted by Gasteiger charge is 2.23. The minimum absolute atomic E-state index is 0.245. The van der Waals surface area contributed by atoms with Crippen LogP contribution in [0.4, 0.5) is 5.82 Å². The summed E-state index contributed by atoms with van der Waals surface area (Å²) in [5, 5.41) is 4.47. The van der Waals surface area contributed by atoms with E-state index < -0.39 is 0 Å². The Morgan fingerprint density at radius 1 is 1.27 bits per heavy atom. The molecule has 1 aliphatic rings. The number of aromatic nitrogens is 2. The number of rotatable bonds is 4. The molecule has 0 atom stereocenters. The number of ether oxygens (including phenoxy) is 2. The van der Waals surface area contributed by atoms with Crippen molar-refractivity contribution in [2.75, 3.05) is 12.8 Å². The first-order valence-electron chi connectivity index (χ1n) is 7.42. The lowest BCUT2D eigenvalue weighted by molar-refractivity contribution is 0.201. The fraction of sp³-hybridized carbons (Fsp3) is 0.438. The van der Waals surface area contributed by atoms with E-state index >= 15 is 0 Å². The topological polar surface area (TPSA) is 62.3 Å². The van der Waals surface area contributed by atoms with Crippen molar-refractivity contribution in [2.45, 2.75) is 31.8 Å². The van der Waals surface area contributed by atoms with Crippen molar-refractivity contribution < 1.29 is 9.47 Å². The lowest BCUT2D eigenvalue weighted by atomic mass is 10.1. The van der Waals surface area contributed by atoms with Crippen LogP contribution in [-0.4, -0.2) is 23.0 Å². The van der Waals surface area contributed by atoms with Crippen LogP contribution in [0, 0.1) is 0 Å². The zero-order chi connectivity index (χ0) is 15.7. The largest absolute Gasteiger partial charge is 0.493 e. The summed E-state index contributed by atoms with van der Waals surface area (Å²) in [5.41, 5.74) is 7.60. The smallest absolute Gasteiger partial charge is 0.171 e. The molecule has 0 unspecified atom stereocenters. The van der Waals surface area contributed by atoms with Crippen molar-refractivity contribution >= 4 is 21.7 Å². The van der Waals surface area contributed by atoms with Gasteiger partial charge < -0.3 is 15.2 Å². The molecule has 1 aromatic carbocycles. The van der Waals surface area contributed by atoms with Crippen LogP contribution >= 0.6 is 15.9 Å². The Morgan fingerprint density at radius 2 is 2.00 bits per heavy atom. The first kappa shape index (κ1) is 15.2. The van der Waals surface area contributed by atoms with Crippen LogP contribution in [0.2, 0.25) is 0 Å². The summed E-state index contributed by atoms with van der Waals surface area (Å²) in [6.07, 6.45) is 4.85. The highest BCUT2D eigenvalue weighted by atomic mass is 79.9. The second-order valence-electron chi connectivity index (χ2n) is 5.59. The maximum Gasteiger partial charge on any atom is 0.171 e. The van der Waals surface area contributed by atoms with E-state index in [2.05, 4.69) is 21.0 Å². The van der Waals surface area contributed by atoms with Crippen molar-refractivity contribution in [1.29, 1.82) is 0 Å². The van der Waals surface area contributed by atoms with Crippen LogP contribution in [0.3, 0.4) is 0 Å². The molecule has 1 aromatic heterocycles. The van der Waals surface area contributed by atoms with Gasteiger partial charge in [-0.15, -0.1) is 0 Å². The second kappa shape index (κ2) is 6.20. The molecule has 2 aromatic rings. The van der Waals surface area contributed by atoms with E-state index in [4.69, 9.17) is 15.2 Å². The molecule has 0 bridgehead atoms. The molecule has 0 saturated heterocycles. The summed E-state index contributed by atoms with van der Waals surface area (Å²) in [4.78, 5) is 0. The predicted octanol–water partition coefficient (Wildman–Crippen LogP) is 3.76. The maximum absolute atomic E-state index is 6.25. The van der Waals surface area contributed by atoms with Gasteiger partial charge in [-0.05, 0) is 37.8 Å². The average molecular weight is 366 g/mol. The van der Waals surface area contributed by atoms with Gasteiger partial charge in [-0.25, -0.2) is 0 Å². The molecular formula is C16H20BrN3O2. The number of aryl methyl sites for hydroxylation is 1. The number of hydrogen-bond acceptors (Lipinski definition) is 4. The number of benzene rings is 1. The second-order valence-corrected chi connectivity index (χ2v) is 6.50. The van der Waals surface area contributed by atoms with E-state index in [0.717, 1.165) is 34.3 Å². The summed E-state index contributed by atoms with van der Waals surface area (Å²) >= 11 is 3.52. The van der Waals surface area contributed by atoms with E-state index in [1.54, 1.807) is 11.8 Å². The van der Waals surface area contributed by atoms with Gasteiger partial charge in [0.25, 0.3) is 0 Å². The fourth-order valence-electron chi connectivity index (χ4n) is 2.82. The number of hydrogen-bond donors (Lipinski definition) is 1. The summed E-state index contributed by atoms with van der Waals surface area (Å²) in [6.45, 7) is 0. The lowest BCUT2D eigenvalue weighted by Gasteiger charge is -2.19. The van der Waals surface area contributed by atoms with E-state index in [-0.39, 0.29) is 6.10 Å². The first-order chi connectivity index (χ1) is 10.6.